The molecule has 0 fully saturated rings. The standard InChI is InChI=1S/C26H28N6O2/c1-16-10-11-21(29-26(34)28-20-8-6-5-7-9-20)15-23(16)30-25(33)13-12-22-18(3)27-24-14-17(2)31-32(24)19(22)4/h5-11,14-15H,12-13H2,1-4H3,(H,30,33)(H2,28,29,34). The predicted molar refractivity (Wildman–Crippen MR) is 134 cm³/mol. The van der Waals surface area contributed by atoms with E-state index in [4.69, 9.17) is 0 Å². The second kappa shape index (κ2) is 9.74. The van der Waals surface area contributed by atoms with Crippen LogP contribution < -0.4 is 16.0 Å². The lowest BCUT2D eigenvalue weighted by molar-refractivity contribution is -0.116. The van der Waals surface area contributed by atoms with Gasteiger partial charge >= 0.3 is 6.03 Å². The molecular formula is C26H28N6O2. The number of nitrogens with zero attached hydrogens (tertiary/aromatic N) is 3. The second-order valence-electron chi connectivity index (χ2n) is 8.34. The molecule has 0 atom stereocenters. The number of amides is 3. The highest BCUT2D eigenvalue weighted by atomic mass is 16.2. The van der Waals surface area contributed by atoms with Crippen molar-refractivity contribution >= 4 is 34.6 Å². The normalized spacial score (nSPS) is 10.8. The summed E-state index contributed by atoms with van der Waals surface area (Å²) >= 11 is 0. The Labute approximate surface area is 198 Å². The molecule has 8 nitrogen and oxygen atoms in total. The highest BCUT2D eigenvalue weighted by molar-refractivity contribution is 6.00. The average Bonchev–Trinajstić information content (AvgIpc) is 3.16. The van der Waals surface area contributed by atoms with Gasteiger partial charge in [-0.15, -0.1) is 0 Å². The maximum Gasteiger partial charge on any atom is 0.323 e. The van der Waals surface area contributed by atoms with Crippen LogP contribution in [0, 0.1) is 27.7 Å². The summed E-state index contributed by atoms with van der Waals surface area (Å²) in [4.78, 5) is 29.7. The number of aromatic nitrogens is 3. The van der Waals surface area contributed by atoms with E-state index in [-0.39, 0.29) is 11.9 Å². The van der Waals surface area contributed by atoms with Gasteiger partial charge in [0, 0.05) is 40.9 Å². The molecule has 0 saturated carbocycles. The SMILES string of the molecule is Cc1cc2nc(C)c(CCC(=O)Nc3cc(NC(=O)Nc4ccccc4)ccc3C)c(C)n2n1. The first-order valence-electron chi connectivity index (χ1n) is 11.2. The van der Waals surface area contributed by atoms with E-state index in [0.29, 0.717) is 29.9 Å². The number of hydrogen-bond acceptors (Lipinski definition) is 4. The number of carbonyl (C=O) groups is 2. The quantitative estimate of drug-likeness (QED) is 0.372. The Morgan fingerprint density at radius 3 is 2.38 bits per heavy atom. The number of benzene rings is 2. The predicted octanol–water partition coefficient (Wildman–Crippen LogP) is 5.18. The van der Waals surface area contributed by atoms with Crippen LogP contribution in [0.3, 0.4) is 0 Å². The summed E-state index contributed by atoms with van der Waals surface area (Å²) in [5, 5.41) is 13.0. The Morgan fingerprint density at radius 1 is 0.882 bits per heavy atom. The van der Waals surface area contributed by atoms with Gasteiger partial charge in [0.15, 0.2) is 5.65 Å². The third-order valence-corrected chi connectivity index (χ3v) is 5.69. The van der Waals surface area contributed by atoms with Gasteiger partial charge < -0.3 is 16.0 Å². The molecule has 34 heavy (non-hydrogen) atoms. The van der Waals surface area contributed by atoms with Gasteiger partial charge in [-0.3, -0.25) is 4.79 Å². The number of aryl methyl sites for hydroxylation is 4. The van der Waals surface area contributed by atoms with E-state index in [1.54, 1.807) is 12.1 Å². The molecule has 0 unspecified atom stereocenters. The fraction of sp³-hybridized carbons (Fsp3) is 0.231. The minimum atomic E-state index is -0.352. The fourth-order valence-electron chi connectivity index (χ4n) is 3.90. The second-order valence-corrected chi connectivity index (χ2v) is 8.34. The molecule has 8 heteroatoms. The first-order chi connectivity index (χ1) is 16.3. The van der Waals surface area contributed by atoms with Crippen molar-refractivity contribution in [2.24, 2.45) is 0 Å². The zero-order valence-electron chi connectivity index (χ0n) is 19.8. The Bertz CT molecular complexity index is 1360. The summed E-state index contributed by atoms with van der Waals surface area (Å²) < 4.78 is 1.83. The van der Waals surface area contributed by atoms with Gasteiger partial charge in [-0.2, -0.15) is 5.10 Å². The van der Waals surface area contributed by atoms with Crippen LogP contribution in [0.1, 0.15) is 34.6 Å². The van der Waals surface area contributed by atoms with Crippen LogP contribution in [-0.2, 0) is 11.2 Å². The molecule has 3 amide bonds. The minimum Gasteiger partial charge on any atom is -0.326 e. The number of rotatable bonds is 6. The van der Waals surface area contributed by atoms with Crippen LogP contribution in [0.15, 0.2) is 54.6 Å². The van der Waals surface area contributed by atoms with Crippen LogP contribution in [-0.4, -0.2) is 26.5 Å². The number of carbonyl (C=O) groups excluding carboxylic acids is 2. The van der Waals surface area contributed by atoms with Crippen LogP contribution in [0.25, 0.3) is 5.65 Å². The van der Waals surface area contributed by atoms with E-state index < -0.39 is 0 Å². The van der Waals surface area contributed by atoms with Crippen molar-refractivity contribution in [3.05, 3.63) is 82.8 Å². The first kappa shape index (κ1) is 23.0. The van der Waals surface area contributed by atoms with Gasteiger partial charge in [0.1, 0.15) is 0 Å². The molecule has 0 aliphatic heterocycles. The Morgan fingerprint density at radius 2 is 1.62 bits per heavy atom. The van der Waals surface area contributed by atoms with Crippen LogP contribution in [0.2, 0.25) is 0 Å². The molecular weight excluding hydrogens is 428 g/mol. The third-order valence-electron chi connectivity index (χ3n) is 5.69. The Balaban J connectivity index is 1.40. The maximum absolute atomic E-state index is 12.7. The van der Waals surface area contributed by atoms with E-state index in [0.717, 1.165) is 33.9 Å². The van der Waals surface area contributed by atoms with Crippen molar-refractivity contribution in [1.82, 2.24) is 14.6 Å². The Kier molecular flexibility index (Phi) is 6.58. The van der Waals surface area contributed by atoms with E-state index >= 15 is 0 Å². The molecule has 2 aromatic heterocycles. The number of nitrogens with one attached hydrogen (secondary N) is 3. The lowest BCUT2D eigenvalue weighted by Crippen LogP contribution is -2.20. The summed E-state index contributed by atoms with van der Waals surface area (Å²) in [5.41, 5.74) is 7.50. The maximum atomic E-state index is 12.7. The molecule has 174 valence electrons. The van der Waals surface area contributed by atoms with Crippen molar-refractivity contribution in [3.63, 3.8) is 0 Å². The van der Waals surface area contributed by atoms with Crippen LogP contribution >= 0.6 is 0 Å². The van der Waals surface area contributed by atoms with Crippen molar-refractivity contribution in [1.29, 1.82) is 0 Å². The third kappa shape index (κ3) is 5.23. The largest absolute Gasteiger partial charge is 0.326 e. The summed E-state index contributed by atoms with van der Waals surface area (Å²) in [6.45, 7) is 7.81. The summed E-state index contributed by atoms with van der Waals surface area (Å²) in [5.74, 6) is -0.107. The van der Waals surface area contributed by atoms with E-state index in [9.17, 15) is 9.59 Å². The molecule has 2 heterocycles. The zero-order chi connectivity index (χ0) is 24.2. The monoisotopic (exact) mass is 456 g/mol. The molecule has 0 saturated heterocycles. The number of para-hydroxylation sites is 1. The lowest BCUT2D eigenvalue weighted by atomic mass is 10.1. The number of anilines is 3. The van der Waals surface area contributed by atoms with Gasteiger partial charge in [-0.05, 0) is 69.5 Å². The summed E-state index contributed by atoms with van der Waals surface area (Å²) in [6, 6.07) is 16.2. The highest BCUT2D eigenvalue weighted by Crippen LogP contribution is 2.22. The van der Waals surface area contributed by atoms with Crippen LogP contribution in [0.5, 0.6) is 0 Å². The molecule has 3 N–H and O–H groups in total. The van der Waals surface area contributed by atoms with E-state index in [2.05, 4.69) is 26.0 Å². The average molecular weight is 457 g/mol. The molecule has 0 spiro atoms. The van der Waals surface area contributed by atoms with Crippen molar-refractivity contribution < 1.29 is 9.59 Å². The minimum absolute atomic E-state index is 0.107. The molecule has 2 aromatic carbocycles. The first-order valence-corrected chi connectivity index (χ1v) is 11.2. The van der Waals surface area contributed by atoms with Gasteiger partial charge in [-0.1, -0.05) is 24.3 Å². The topological polar surface area (TPSA) is 100 Å². The zero-order valence-corrected chi connectivity index (χ0v) is 19.8. The van der Waals surface area contributed by atoms with Gasteiger partial charge in [-0.25, -0.2) is 14.3 Å². The van der Waals surface area contributed by atoms with Crippen LogP contribution in [0.4, 0.5) is 21.9 Å². The number of urea groups is 1. The summed E-state index contributed by atoms with van der Waals surface area (Å²) in [7, 11) is 0. The molecule has 4 rings (SSSR count). The molecule has 0 radical (unpaired) electrons. The lowest BCUT2D eigenvalue weighted by Gasteiger charge is -2.13. The van der Waals surface area contributed by atoms with Crippen molar-refractivity contribution in [2.45, 2.75) is 40.5 Å². The molecule has 0 aliphatic rings. The molecule has 4 aromatic rings. The van der Waals surface area contributed by atoms with Gasteiger partial charge in [0.25, 0.3) is 0 Å². The smallest absolute Gasteiger partial charge is 0.323 e. The van der Waals surface area contributed by atoms with E-state index in [1.165, 1.54) is 0 Å². The Hall–Kier alpha value is -4.20. The highest BCUT2D eigenvalue weighted by Gasteiger charge is 2.14. The summed E-state index contributed by atoms with van der Waals surface area (Å²) in [6.07, 6.45) is 0.864. The van der Waals surface area contributed by atoms with Gasteiger partial charge in [0.05, 0.1) is 5.69 Å². The number of hydrogen-bond donors (Lipinski definition) is 3. The fourth-order valence-corrected chi connectivity index (χ4v) is 3.90. The van der Waals surface area contributed by atoms with Crippen molar-refractivity contribution in [2.75, 3.05) is 16.0 Å². The molecule has 0 aliphatic carbocycles. The van der Waals surface area contributed by atoms with E-state index in [1.807, 2.05) is 74.7 Å². The number of fused-ring (bicyclic) bond motifs is 1. The van der Waals surface area contributed by atoms with Crippen molar-refractivity contribution in [3.8, 4) is 0 Å². The van der Waals surface area contributed by atoms with Gasteiger partial charge in [0.2, 0.25) is 5.91 Å². The molecule has 0 bridgehead atoms.